The second kappa shape index (κ2) is 12.6. The SMILES string of the molecule is CC(C)C1CCC(CO)=CC1C=C(CO)C(=O)OC12CCC(C(C)C)C(C=C(CO)C(=O)O)C1C(=O)OC2. The second-order valence-electron chi connectivity index (χ2n) is 11.6. The van der Waals surface area contributed by atoms with Crippen molar-refractivity contribution in [3.63, 3.8) is 0 Å². The molecule has 6 atom stereocenters. The lowest BCUT2D eigenvalue weighted by molar-refractivity contribution is -0.168. The highest BCUT2D eigenvalue weighted by atomic mass is 16.6. The molecule has 0 aromatic rings. The molecule has 1 aliphatic heterocycles. The Morgan fingerprint density at radius 2 is 1.71 bits per heavy atom. The van der Waals surface area contributed by atoms with Crippen LogP contribution in [-0.4, -0.2) is 70.4 Å². The van der Waals surface area contributed by atoms with Gasteiger partial charge in [-0.3, -0.25) is 4.79 Å². The third-order valence-electron chi connectivity index (χ3n) is 8.66. The minimum Gasteiger partial charge on any atom is -0.478 e. The number of carboxylic acid groups (broad SMARTS) is 1. The van der Waals surface area contributed by atoms with E-state index in [9.17, 15) is 34.8 Å². The minimum atomic E-state index is -1.30. The Labute approximate surface area is 224 Å². The van der Waals surface area contributed by atoms with Crippen molar-refractivity contribution in [3.8, 4) is 0 Å². The summed E-state index contributed by atoms with van der Waals surface area (Å²) in [6.45, 7) is 6.73. The number of aliphatic carboxylic acids is 1. The van der Waals surface area contributed by atoms with E-state index in [1.54, 1.807) is 6.08 Å². The zero-order valence-corrected chi connectivity index (χ0v) is 22.8. The van der Waals surface area contributed by atoms with Crippen molar-refractivity contribution in [2.45, 2.75) is 59.0 Å². The van der Waals surface area contributed by atoms with Crippen molar-refractivity contribution in [3.05, 3.63) is 34.9 Å². The van der Waals surface area contributed by atoms with Gasteiger partial charge >= 0.3 is 17.9 Å². The third kappa shape index (κ3) is 6.21. The summed E-state index contributed by atoms with van der Waals surface area (Å²) >= 11 is 0. The van der Waals surface area contributed by atoms with Gasteiger partial charge in [0.15, 0.2) is 5.60 Å². The quantitative estimate of drug-likeness (QED) is 0.188. The average molecular weight is 535 g/mol. The predicted octanol–water partition coefficient (Wildman–Crippen LogP) is 2.65. The highest BCUT2D eigenvalue weighted by Crippen LogP contribution is 2.51. The first-order valence-electron chi connectivity index (χ1n) is 13.5. The van der Waals surface area contributed by atoms with Gasteiger partial charge in [-0.05, 0) is 66.8 Å². The van der Waals surface area contributed by atoms with Crippen LogP contribution in [-0.2, 0) is 23.9 Å². The van der Waals surface area contributed by atoms with Crippen LogP contribution in [0.15, 0.2) is 34.9 Å². The number of hydrogen-bond donors (Lipinski definition) is 4. The van der Waals surface area contributed by atoms with Gasteiger partial charge in [-0.1, -0.05) is 45.9 Å². The fraction of sp³-hybridized carbons (Fsp3) is 0.690. The summed E-state index contributed by atoms with van der Waals surface area (Å²) in [5.41, 5.74) is -0.559. The number of aliphatic hydroxyl groups excluding tert-OH is 3. The molecule has 0 radical (unpaired) electrons. The topological polar surface area (TPSA) is 151 Å². The molecule has 1 heterocycles. The standard InChI is InChI=1S/C29H42O9/c1-16(2)22-6-5-18(12-30)9-19(22)10-21(14-32)27(35)38-29-8-7-23(17(3)4)24(11-20(13-31)26(33)34)25(29)28(36)37-15-29/h9-11,16-17,19,22-25,30-32H,5-8,12-15H2,1-4H3,(H,33,34). The van der Waals surface area contributed by atoms with Gasteiger partial charge in [0.05, 0.1) is 31.0 Å². The van der Waals surface area contributed by atoms with E-state index in [4.69, 9.17) is 9.47 Å². The second-order valence-corrected chi connectivity index (χ2v) is 11.6. The third-order valence-corrected chi connectivity index (χ3v) is 8.66. The molecule has 38 heavy (non-hydrogen) atoms. The first-order chi connectivity index (χ1) is 18.0. The zero-order chi connectivity index (χ0) is 28.2. The van der Waals surface area contributed by atoms with E-state index in [0.717, 1.165) is 18.4 Å². The lowest BCUT2D eigenvalue weighted by Crippen LogP contribution is -2.52. The maximum atomic E-state index is 13.5. The van der Waals surface area contributed by atoms with Crippen LogP contribution in [0.3, 0.4) is 0 Å². The molecule has 0 bridgehead atoms. The lowest BCUT2D eigenvalue weighted by Gasteiger charge is -2.44. The molecule has 6 unspecified atom stereocenters. The molecule has 9 nitrogen and oxygen atoms in total. The summed E-state index contributed by atoms with van der Waals surface area (Å²) < 4.78 is 11.4. The zero-order valence-electron chi connectivity index (χ0n) is 22.8. The van der Waals surface area contributed by atoms with Crippen LogP contribution in [0.1, 0.15) is 53.4 Å². The number of rotatable bonds is 10. The Morgan fingerprint density at radius 3 is 2.26 bits per heavy atom. The van der Waals surface area contributed by atoms with Gasteiger partial charge in [0, 0.05) is 0 Å². The van der Waals surface area contributed by atoms with Crippen molar-refractivity contribution in [2.24, 2.45) is 41.4 Å². The maximum absolute atomic E-state index is 13.5. The Balaban J connectivity index is 1.96. The number of ether oxygens (including phenoxy) is 2. The molecule has 0 aromatic carbocycles. The van der Waals surface area contributed by atoms with Gasteiger partial charge in [0.2, 0.25) is 0 Å². The van der Waals surface area contributed by atoms with Crippen LogP contribution in [0.2, 0.25) is 0 Å². The number of carbonyl (C=O) groups excluding carboxylic acids is 2. The summed E-state index contributed by atoms with van der Waals surface area (Å²) in [7, 11) is 0. The molecular weight excluding hydrogens is 492 g/mol. The Hall–Kier alpha value is -2.49. The van der Waals surface area contributed by atoms with E-state index in [1.807, 2.05) is 19.9 Å². The fourth-order valence-electron chi connectivity index (χ4n) is 6.51. The number of hydrogen-bond acceptors (Lipinski definition) is 8. The molecule has 1 saturated carbocycles. The lowest BCUT2D eigenvalue weighted by atomic mass is 9.62. The van der Waals surface area contributed by atoms with E-state index in [-0.39, 0.29) is 48.0 Å². The maximum Gasteiger partial charge on any atom is 0.336 e. The van der Waals surface area contributed by atoms with Gasteiger partial charge in [-0.15, -0.1) is 0 Å². The molecule has 0 aromatic heterocycles. The summed E-state index contributed by atoms with van der Waals surface area (Å²) in [6, 6.07) is 0. The predicted molar refractivity (Wildman–Crippen MR) is 139 cm³/mol. The van der Waals surface area contributed by atoms with Crippen molar-refractivity contribution >= 4 is 17.9 Å². The molecule has 0 spiro atoms. The summed E-state index contributed by atoms with van der Waals surface area (Å²) in [5.74, 6) is -3.70. The largest absolute Gasteiger partial charge is 0.478 e. The van der Waals surface area contributed by atoms with E-state index in [2.05, 4.69) is 13.8 Å². The van der Waals surface area contributed by atoms with Crippen LogP contribution < -0.4 is 0 Å². The van der Waals surface area contributed by atoms with E-state index in [0.29, 0.717) is 18.8 Å². The molecule has 212 valence electrons. The van der Waals surface area contributed by atoms with E-state index >= 15 is 0 Å². The molecule has 1 saturated heterocycles. The molecule has 2 fully saturated rings. The first kappa shape index (κ1) is 30.1. The van der Waals surface area contributed by atoms with Crippen LogP contribution >= 0.6 is 0 Å². The first-order valence-corrected chi connectivity index (χ1v) is 13.5. The van der Waals surface area contributed by atoms with Crippen molar-refractivity contribution in [1.29, 1.82) is 0 Å². The van der Waals surface area contributed by atoms with Gasteiger partial charge in [0.1, 0.15) is 12.5 Å². The summed E-state index contributed by atoms with van der Waals surface area (Å²) in [4.78, 5) is 38.1. The highest BCUT2D eigenvalue weighted by Gasteiger charge is 2.60. The average Bonchev–Trinajstić information content (AvgIpc) is 3.20. The van der Waals surface area contributed by atoms with Gasteiger partial charge < -0.3 is 29.9 Å². The minimum absolute atomic E-state index is 0.0591. The molecule has 2 aliphatic carbocycles. The number of allylic oxidation sites excluding steroid dienone is 3. The molecule has 9 heteroatoms. The van der Waals surface area contributed by atoms with Crippen LogP contribution in [0.5, 0.6) is 0 Å². The number of aliphatic hydroxyl groups is 3. The van der Waals surface area contributed by atoms with Crippen molar-refractivity contribution in [2.75, 3.05) is 26.4 Å². The Bertz CT molecular complexity index is 992. The monoisotopic (exact) mass is 534 g/mol. The van der Waals surface area contributed by atoms with Crippen LogP contribution in [0, 0.1) is 41.4 Å². The molecule has 4 N–H and O–H groups in total. The summed E-state index contributed by atoms with van der Waals surface area (Å²) in [6.07, 6.45) is 7.64. The molecule has 3 rings (SSSR count). The Morgan fingerprint density at radius 1 is 1.05 bits per heavy atom. The number of fused-ring (bicyclic) bond motifs is 1. The van der Waals surface area contributed by atoms with E-state index < -0.39 is 48.6 Å². The van der Waals surface area contributed by atoms with Crippen molar-refractivity contribution < 1.29 is 44.3 Å². The van der Waals surface area contributed by atoms with Crippen LogP contribution in [0.4, 0.5) is 0 Å². The highest BCUT2D eigenvalue weighted by molar-refractivity contribution is 5.90. The molecular formula is C29H42O9. The fourth-order valence-corrected chi connectivity index (χ4v) is 6.51. The number of esters is 2. The smallest absolute Gasteiger partial charge is 0.336 e. The Kier molecular flexibility index (Phi) is 9.95. The molecule has 0 amide bonds. The number of carboxylic acids is 1. The summed E-state index contributed by atoms with van der Waals surface area (Å²) in [5, 5.41) is 38.9. The van der Waals surface area contributed by atoms with Crippen LogP contribution in [0.25, 0.3) is 0 Å². The van der Waals surface area contributed by atoms with Gasteiger partial charge in [0.25, 0.3) is 0 Å². The van der Waals surface area contributed by atoms with E-state index in [1.165, 1.54) is 6.08 Å². The normalized spacial score (nSPS) is 32.2. The van der Waals surface area contributed by atoms with Crippen molar-refractivity contribution in [1.82, 2.24) is 0 Å². The van der Waals surface area contributed by atoms with Gasteiger partial charge in [-0.2, -0.15) is 0 Å². The number of cyclic esters (lactones) is 1. The molecule has 3 aliphatic rings. The number of carbonyl (C=O) groups is 3. The van der Waals surface area contributed by atoms with Gasteiger partial charge in [-0.25, -0.2) is 9.59 Å².